The van der Waals surface area contributed by atoms with E-state index in [1.807, 2.05) is 0 Å². The minimum Gasteiger partial charge on any atom is -0.341 e. The summed E-state index contributed by atoms with van der Waals surface area (Å²) < 4.78 is 4.85. The summed E-state index contributed by atoms with van der Waals surface area (Å²) in [5.41, 5.74) is 50.0. The Kier molecular flexibility index (Phi) is 18.9. The van der Waals surface area contributed by atoms with Gasteiger partial charge in [0.2, 0.25) is 0 Å². The van der Waals surface area contributed by atoms with Gasteiger partial charge in [0.1, 0.15) is 0 Å². The van der Waals surface area contributed by atoms with Crippen LogP contribution in [0.5, 0.6) is 0 Å². The topological polar surface area (TPSA) is 9.86 Å². The van der Waals surface area contributed by atoms with Crippen LogP contribution in [-0.2, 0) is 13.1 Å². The van der Waals surface area contributed by atoms with Crippen molar-refractivity contribution in [2.75, 3.05) is 0 Å². The molecule has 0 N–H and O–H groups in total. The first kappa shape index (κ1) is 74.8. The molecule has 2 nitrogen and oxygen atoms in total. The summed E-state index contributed by atoms with van der Waals surface area (Å²) in [6.07, 6.45) is 0. The van der Waals surface area contributed by atoms with Crippen LogP contribution in [0.3, 0.4) is 0 Å². The van der Waals surface area contributed by atoms with Crippen LogP contribution in [-0.4, -0.2) is 9.13 Å². The van der Waals surface area contributed by atoms with E-state index < -0.39 is 0 Å². The van der Waals surface area contributed by atoms with E-state index in [2.05, 4.69) is 401 Å². The molecule has 0 saturated heterocycles. The largest absolute Gasteiger partial charge is 0.341 e. The van der Waals surface area contributed by atoms with E-state index in [1.165, 1.54) is 276 Å². The predicted octanol–water partition coefficient (Wildman–Crippen LogP) is 32.2. The second kappa shape index (κ2) is 29.3. The van der Waals surface area contributed by atoms with Crippen molar-refractivity contribution in [3.8, 4) is 100 Å². The van der Waals surface area contributed by atoms with E-state index in [0.717, 1.165) is 13.1 Å². The van der Waals surface area contributed by atoms with Crippen molar-refractivity contribution in [3.05, 3.63) is 356 Å². The molecule has 0 atom stereocenters. The van der Waals surface area contributed by atoms with Crippen molar-refractivity contribution in [2.45, 2.75) is 138 Å². The summed E-state index contributed by atoms with van der Waals surface area (Å²) in [6.45, 7) is 43.6. The van der Waals surface area contributed by atoms with Gasteiger partial charge in [-0.05, 0) is 393 Å². The molecule has 19 aromatic rings. The van der Waals surface area contributed by atoms with Crippen LogP contribution in [0.2, 0.25) is 0 Å². The molecule has 0 fully saturated rings. The molecule has 0 spiro atoms. The fourth-order valence-electron chi connectivity index (χ4n) is 20.0. The van der Waals surface area contributed by atoms with Crippen LogP contribution in [0.1, 0.15) is 103 Å². The van der Waals surface area contributed by atoms with Crippen LogP contribution < -0.4 is 0 Å². The number of nitrogens with zero attached hydrogens (tertiary/aromatic N) is 2. The van der Waals surface area contributed by atoms with Crippen molar-refractivity contribution in [1.82, 2.24) is 9.13 Å². The predicted molar refractivity (Wildman–Crippen MR) is 505 cm³/mol. The molecule has 2 heteroatoms. The van der Waals surface area contributed by atoms with E-state index in [0.29, 0.717) is 0 Å². The number of hydrogen-bond acceptors (Lipinski definition) is 0. The molecule has 19 rings (SSSR count). The van der Waals surface area contributed by atoms with E-state index in [9.17, 15) is 0 Å². The molecule has 17 aromatic carbocycles. The third kappa shape index (κ3) is 11.9. The SMILES string of the molecule is CCn1c2ccccc2c2cc(-c3ccc(-c4c5c(C)c(C)c(C)c(C)c5c(-c5ccc(-c6ccc(-c7ccccc7)cc6)cc5)c5c(C)c(C)c(C)c(C)c45)cc3)ccc21.CCn1c2ccccc2c2cc(-c3ccc(-c4ccc(-c5c6c(C)c(C)c(C)c(C)c6c(-c6ccccc6)c6c(C)c(C)c(C)c(C)c56)cc4)cc3)ccc21. The van der Waals surface area contributed by atoms with E-state index in [-0.39, 0.29) is 0 Å². The third-order valence-corrected chi connectivity index (χ3v) is 27.7. The average molecular weight is 1500 g/mol. The Morgan fingerprint density at radius 3 is 0.569 bits per heavy atom. The second-order valence-corrected chi connectivity index (χ2v) is 33.1. The van der Waals surface area contributed by atoms with Crippen molar-refractivity contribution in [1.29, 1.82) is 0 Å². The van der Waals surface area contributed by atoms with Gasteiger partial charge in [0.15, 0.2) is 0 Å². The average Bonchev–Trinajstić information content (AvgIpc) is 1.01. The molecular weight excluding hydrogens is 1400 g/mol. The summed E-state index contributed by atoms with van der Waals surface area (Å²) in [6, 6.07) is 99.5. The highest BCUT2D eigenvalue weighted by molar-refractivity contribution is 6.27. The molecule has 0 aliphatic heterocycles. The van der Waals surface area contributed by atoms with Gasteiger partial charge in [0.25, 0.3) is 0 Å². The van der Waals surface area contributed by atoms with Crippen LogP contribution in [0.25, 0.3) is 187 Å². The number of aryl methyl sites for hydroxylation is 10. The lowest BCUT2D eigenvalue weighted by molar-refractivity contribution is 0.827. The maximum absolute atomic E-state index is 2.43. The fraction of sp³-hybridized carbons (Fsp3) is 0.175. The Bertz CT molecular complexity index is 7060. The Balaban J connectivity index is 0.000000161. The molecule has 2 aromatic heterocycles. The van der Waals surface area contributed by atoms with Gasteiger partial charge in [-0.15, -0.1) is 0 Å². The summed E-state index contributed by atoms with van der Waals surface area (Å²) in [5.74, 6) is 0. The first-order valence-electron chi connectivity index (χ1n) is 41.8. The molecule has 0 aliphatic rings. The fourth-order valence-corrected chi connectivity index (χ4v) is 20.0. The molecule has 0 amide bonds. The molecule has 0 bridgehead atoms. The van der Waals surface area contributed by atoms with Crippen LogP contribution >= 0.6 is 0 Å². The Morgan fingerprint density at radius 2 is 0.328 bits per heavy atom. The Hall–Kier alpha value is -12.6. The summed E-state index contributed by atoms with van der Waals surface area (Å²) in [4.78, 5) is 0. The van der Waals surface area contributed by atoms with Gasteiger partial charge < -0.3 is 9.13 Å². The zero-order valence-corrected chi connectivity index (χ0v) is 70.7. The summed E-state index contributed by atoms with van der Waals surface area (Å²) in [5, 5.41) is 16.3. The standard InChI is InChI=1S/C60H53N.C54H49N/c1-10-61-53-19-15-14-18-51(53)52-34-50(32-33-54(52)61)47-26-30-49(31-27-47)60-57-41(8)37(4)35(2)39(6)55(57)59(56-40(7)36(3)38(5)42(9)58(56)60)48-28-24-46(25-29-48)45-22-20-44(21-23-45)43-16-12-11-13-17-43;1-10-55-47-19-15-14-18-45(47)46-30-44(28-29-48(46)55)41-22-20-39(21-23-41)40-24-26-43(27-25-40)54-51-37(8)33(4)31(2)35(6)49(51)53(42-16-12-11-13-17-42)50-36(7)32(3)34(5)38(9)52(50)54/h11-34H,10H2,1-9H3;11-30H,10H2,1-9H3. The Morgan fingerprint density at radius 1 is 0.155 bits per heavy atom. The normalized spacial score (nSPS) is 11.8. The van der Waals surface area contributed by atoms with E-state index >= 15 is 0 Å². The maximum atomic E-state index is 2.43. The van der Waals surface area contributed by atoms with Crippen molar-refractivity contribution < 1.29 is 0 Å². The van der Waals surface area contributed by atoms with Crippen molar-refractivity contribution >= 4 is 86.7 Å². The number of para-hydroxylation sites is 2. The maximum Gasteiger partial charge on any atom is 0.0491 e. The summed E-state index contributed by atoms with van der Waals surface area (Å²) in [7, 11) is 0. The summed E-state index contributed by atoms with van der Waals surface area (Å²) >= 11 is 0. The van der Waals surface area contributed by atoms with Gasteiger partial charge in [-0.3, -0.25) is 0 Å². The molecular formula is C114H102N2. The molecule has 0 aliphatic carbocycles. The highest BCUT2D eigenvalue weighted by Gasteiger charge is 2.29. The van der Waals surface area contributed by atoms with Crippen LogP contribution in [0, 0.1) is 111 Å². The van der Waals surface area contributed by atoms with Gasteiger partial charge in [-0.1, -0.05) is 231 Å². The van der Waals surface area contributed by atoms with E-state index in [1.54, 1.807) is 0 Å². The van der Waals surface area contributed by atoms with Gasteiger partial charge in [0, 0.05) is 56.7 Å². The molecule has 2 heterocycles. The molecule has 568 valence electrons. The number of rotatable bonds is 11. The molecule has 0 radical (unpaired) electrons. The quantitative estimate of drug-likeness (QED) is 0.114. The Labute approximate surface area is 685 Å². The monoisotopic (exact) mass is 1500 g/mol. The molecule has 0 unspecified atom stereocenters. The number of hydrogen-bond donors (Lipinski definition) is 0. The first-order valence-corrected chi connectivity index (χ1v) is 41.8. The molecule has 0 saturated carbocycles. The van der Waals surface area contributed by atoms with Gasteiger partial charge >= 0.3 is 0 Å². The second-order valence-electron chi connectivity index (χ2n) is 33.1. The number of benzene rings is 17. The van der Waals surface area contributed by atoms with Crippen molar-refractivity contribution in [2.24, 2.45) is 0 Å². The minimum atomic E-state index is 0.948. The van der Waals surface area contributed by atoms with Crippen LogP contribution in [0.15, 0.2) is 267 Å². The first-order chi connectivity index (χ1) is 56.2. The highest BCUT2D eigenvalue weighted by Crippen LogP contribution is 2.54. The smallest absolute Gasteiger partial charge is 0.0491 e. The highest BCUT2D eigenvalue weighted by atomic mass is 15.0. The lowest BCUT2D eigenvalue weighted by atomic mass is 9.76. The van der Waals surface area contributed by atoms with Crippen LogP contribution in [0.4, 0.5) is 0 Å². The minimum absolute atomic E-state index is 0.948. The van der Waals surface area contributed by atoms with Gasteiger partial charge in [0.05, 0.1) is 0 Å². The third-order valence-electron chi connectivity index (χ3n) is 27.7. The molecule has 116 heavy (non-hydrogen) atoms. The van der Waals surface area contributed by atoms with Crippen molar-refractivity contribution in [3.63, 3.8) is 0 Å². The van der Waals surface area contributed by atoms with Gasteiger partial charge in [-0.25, -0.2) is 0 Å². The van der Waals surface area contributed by atoms with E-state index in [4.69, 9.17) is 0 Å². The number of fused-ring (bicyclic) bond motifs is 10. The lowest BCUT2D eigenvalue weighted by Crippen LogP contribution is -2.03. The zero-order chi connectivity index (χ0) is 80.5. The zero-order valence-electron chi connectivity index (χ0n) is 70.7. The number of aromatic nitrogens is 2. The van der Waals surface area contributed by atoms with Gasteiger partial charge in [-0.2, -0.15) is 0 Å². The lowest BCUT2D eigenvalue weighted by Gasteiger charge is -2.27.